The molecule has 0 aromatic rings. The number of nitrogens with zero attached hydrogens (tertiary/aromatic N) is 1. The van der Waals surface area contributed by atoms with Crippen molar-refractivity contribution in [3.05, 3.63) is 0 Å². The molecule has 0 unspecified atom stereocenters. The molecule has 0 aromatic carbocycles. The van der Waals surface area contributed by atoms with Crippen molar-refractivity contribution in [1.82, 2.24) is 4.31 Å². The second kappa shape index (κ2) is 4.18. The zero-order valence-corrected chi connectivity index (χ0v) is 9.89. The standard InChI is InChI=1S/C8H14ClNO4S/c9-7-15(11,12)10-3-1-8(2-4-10)13-5-6-14-8/h1-7H2. The van der Waals surface area contributed by atoms with Crippen molar-refractivity contribution in [2.75, 3.05) is 31.5 Å². The van der Waals surface area contributed by atoms with Gasteiger partial charge in [0.1, 0.15) is 5.21 Å². The Hall–Kier alpha value is 0.120. The number of hydrogen-bond acceptors (Lipinski definition) is 4. The van der Waals surface area contributed by atoms with Gasteiger partial charge in [-0.15, -0.1) is 11.6 Å². The van der Waals surface area contributed by atoms with Crippen LogP contribution in [0.4, 0.5) is 0 Å². The van der Waals surface area contributed by atoms with Gasteiger partial charge in [0.05, 0.1) is 13.2 Å². The summed E-state index contributed by atoms with van der Waals surface area (Å²) >= 11 is 5.39. The molecular formula is C8H14ClNO4S. The molecule has 0 aromatic heterocycles. The molecular weight excluding hydrogens is 242 g/mol. The maximum atomic E-state index is 11.5. The summed E-state index contributed by atoms with van der Waals surface area (Å²) in [5.74, 6) is -0.529. The normalized spacial score (nSPS) is 27.3. The number of hydrogen-bond donors (Lipinski definition) is 0. The van der Waals surface area contributed by atoms with E-state index in [0.29, 0.717) is 39.1 Å². The Labute approximate surface area is 94.3 Å². The molecule has 2 aliphatic heterocycles. The highest BCUT2D eigenvalue weighted by Gasteiger charge is 2.42. The highest BCUT2D eigenvalue weighted by Crippen LogP contribution is 2.32. The topological polar surface area (TPSA) is 55.8 Å². The fourth-order valence-electron chi connectivity index (χ4n) is 1.96. The Morgan fingerprint density at radius 3 is 2.20 bits per heavy atom. The first-order chi connectivity index (χ1) is 7.08. The molecule has 88 valence electrons. The Balaban J connectivity index is 1.97. The van der Waals surface area contributed by atoms with E-state index in [9.17, 15) is 8.42 Å². The average Bonchev–Trinajstić information content (AvgIpc) is 2.67. The van der Waals surface area contributed by atoms with Crippen LogP contribution in [-0.2, 0) is 19.5 Å². The largest absolute Gasteiger partial charge is 0.347 e. The zero-order valence-electron chi connectivity index (χ0n) is 8.32. The lowest BCUT2D eigenvalue weighted by Gasteiger charge is -2.36. The fraction of sp³-hybridized carbons (Fsp3) is 1.00. The smallest absolute Gasteiger partial charge is 0.228 e. The summed E-state index contributed by atoms with van der Waals surface area (Å²) in [5.41, 5.74) is 0. The van der Waals surface area contributed by atoms with Gasteiger partial charge in [0.2, 0.25) is 10.0 Å². The molecule has 1 spiro atoms. The molecule has 0 aliphatic carbocycles. The van der Waals surface area contributed by atoms with E-state index >= 15 is 0 Å². The number of alkyl halides is 1. The van der Waals surface area contributed by atoms with E-state index in [0.717, 1.165) is 0 Å². The minimum absolute atomic E-state index is 0.359. The second-order valence-electron chi connectivity index (χ2n) is 3.73. The minimum Gasteiger partial charge on any atom is -0.347 e. The molecule has 0 bridgehead atoms. The summed E-state index contributed by atoms with van der Waals surface area (Å²) in [6.45, 7) is 2.05. The third-order valence-electron chi connectivity index (χ3n) is 2.83. The van der Waals surface area contributed by atoms with Crippen LogP contribution >= 0.6 is 11.6 Å². The maximum absolute atomic E-state index is 11.5. The van der Waals surface area contributed by atoms with E-state index in [1.165, 1.54) is 4.31 Å². The highest BCUT2D eigenvalue weighted by molar-refractivity contribution is 7.90. The first-order valence-corrected chi connectivity index (χ1v) is 7.04. The molecule has 5 nitrogen and oxygen atoms in total. The zero-order chi connectivity index (χ0) is 10.9. The summed E-state index contributed by atoms with van der Waals surface area (Å²) in [6.07, 6.45) is 1.17. The fourth-order valence-corrected chi connectivity index (χ4v) is 3.25. The summed E-state index contributed by atoms with van der Waals surface area (Å²) in [7, 11) is -3.28. The van der Waals surface area contributed by atoms with Gasteiger partial charge in [0.25, 0.3) is 0 Å². The lowest BCUT2D eigenvalue weighted by atomic mass is 10.1. The van der Waals surface area contributed by atoms with Crippen molar-refractivity contribution in [2.24, 2.45) is 0 Å². The van der Waals surface area contributed by atoms with Crippen LogP contribution < -0.4 is 0 Å². The molecule has 0 radical (unpaired) electrons. The van der Waals surface area contributed by atoms with Crippen LogP contribution in [0.25, 0.3) is 0 Å². The molecule has 2 aliphatic rings. The summed E-state index contributed by atoms with van der Waals surface area (Å²) in [6, 6.07) is 0. The van der Waals surface area contributed by atoms with E-state index in [-0.39, 0.29) is 5.21 Å². The van der Waals surface area contributed by atoms with Gasteiger partial charge in [-0.05, 0) is 0 Å². The Morgan fingerprint density at radius 1 is 1.20 bits per heavy atom. The molecule has 2 saturated heterocycles. The Kier molecular flexibility index (Phi) is 3.23. The summed E-state index contributed by atoms with van der Waals surface area (Å²) in [4.78, 5) is 0. The van der Waals surface area contributed by atoms with Gasteiger partial charge in [-0.1, -0.05) is 0 Å². The SMILES string of the molecule is O=S(=O)(CCl)N1CCC2(CC1)OCCO2. The second-order valence-corrected chi connectivity index (χ2v) is 6.28. The van der Waals surface area contributed by atoms with Crippen molar-refractivity contribution < 1.29 is 17.9 Å². The number of piperidine rings is 1. The lowest BCUT2D eigenvalue weighted by molar-refractivity contribution is -0.179. The van der Waals surface area contributed by atoms with Gasteiger partial charge in [0.15, 0.2) is 5.79 Å². The van der Waals surface area contributed by atoms with Crippen LogP contribution in [-0.4, -0.2) is 50.0 Å². The Bertz CT molecular complexity index is 316. The molecule has 2 rings (SSSR count). The summed E-state index contributed by atoms with van der Waals surface area (Å²) in [5, 5.41) is -0.359. The van der Waals surface area contributed by atoms with Gasteiger partial charge in [-0.2, -0.15) is 0 Å². The molecule has 0 atom stereocenters. The number of rotatable bonds is 2. The third kappa shape index (κ3) is 2.29. The van der Waals surface area contributed by atoms with Crippen LogP contribution in [0.5, 0.6) is 0 Å². The van der Waals surface area contributed by atoms with Crippen molar-refractivity contribution in [1.29, 1.82) is 0 Å². The van der Waals surface area contributed by atoms with Crippen molar-refractivity contribution >= 4 is 21.6 Å². The maximum Gasteiger partial charge on any atom is 0.228 e. The van der Waals surface area contributed by atoms with Crippen LogP contribution in [0.1, 0.15) is 12.8 Å². The highest BCUT2D eigenvalue weighted by atomic mass is 35.5. The number of ether oxygens (including phenoxy) is 2. The van der Waals surface area contributed by atoms with Crippen LogP contribution in [0.2, 0.25) is 0 Å². The number of sulfonamides is 1. The van der Waals surface area contributed by atoms with E-state index in [2.05, 4.69) is 0 Å². The van der Waals surface area contributed by atoms with Crippen molar-refractivity contribution in [2.45, 2.75) is 18.6 Å². The molecule has 0 saturated carbocycles. The predicted octanol–water partition coefficient (Wildman–Crippen LogP) is 0.351. The molecule has 2 heterocycles. The van der Waals surface area contributed by atoms with Gasteiger partial charge >= 0.3 is 0 Å². The van der Waals surface area contributed by atoms with E-state index in [1.54, 1.807) is 0 Å². The van der Waals surface area contributed by atoms with Crippen molar-refractivity contribution in [3.8, 4) is 0 Å². The van der Waals surface area contributed by atoms with Crippen LogP contribution in [0.3, 0.4) is 0 Å². The van der Waals surface area contributed by atoms with Crippen LogP contribution in [0, 0.1) is 0 Å². The quantitative estimate of drug-likeness (QED) is 0.669. The lowest BCUT2D eigenvalue weighted by Crippen LogP contribution is -2.47. The first kappa shape index (κ1) is 11.6. The first-order valence-electron chi connectivity index (χ1n) is 4.90. The number of halogens is 1. The van der Waals surface area contributed by atoms with E-state index < -0.39 is 15.8 Å². The third-order valence-corrected chi connectivity index (χ3v) is 5.08. The van der Waals surface area contributed by atoms with E-state index in [4.69, 9.17) is 21.1 Å². The summed E-state index contributed by atoms with van der Waals surface area (Å²) < 4.78 is 35.3. The van der Waals surface area contributed by atoms with Gasteiger partial charge in [-0.3, -0.25) is 0 Å². The minimum atomic E-state index is -3.28. The van der Waals surface area contributed by atoms with Crippen molar-refractivity contribution in [3.63, 3.8) is 0 Å². The molecule has 0 amide bonds. The van der Waals surface area contributed by atoms with Gasteiger partial charge in [0, 0.05) is 25.9 Å². The van der Waals surface area contributed by atoms with Gasteiger partial charge < -0.3 is 9.47 Å². The van der Waals surface area contributed by atoms with Crippen LogP contribution in [0.15, 0.2) is 0 Å². The molecule has 15 heavy (non-hydrogen) atoms. The molecule has 0 N–H and O–H groups in total. The predicted molar refractivity (Wildman–Crippen MR) is 55.1 cm³/mol. The molecule has 7 heteroatoms. The average molecular weight is 256 g/mol. The Morgan fingerprint density at radius 2 is 1.73 bits per heavy atom. The monoisotopic (exact) mass is 255 g/mol. The van der Waals surface area contributed by atoms with E-state index in [1.807, 2.05) is 0 Å². The molecule has 2 fully saturated rings. The van der Waals surface area contributed by atoms with Gasteiger partial charge in [-0.25, -0.2) is 12.7 Å².